The number of nitrogens with two attached hydrogens (primary N) is 1. The van der Waals surface area contributed by atoms with Gasteiger partial charge >= 0.3 is 0 Å². The van der Waals surface area contributed by atoms with Crippen molar-refractivity contribution in [3.05, 3.63) is 71.3 Å². The molecule has 0 saturated carbocycles. The Morgan fingerprint density at radius 2 is 1.48 bits per heavy atom. The zero-order chi connectivity index (χ0) is 18.6. The molecule has 0 unspecified atom stereocenters. The monoisotopic (exact) mass is 409 g/mol. The van der Waals surface area contributed by atoms with Crippen LogP contribution in [0.3, 0.4) is 0 Å². The van der Waals surface area contributed by atoms with E-state index in [0.717, 1.165) is 11.1 Å². The highest BCUT2D eigenvalue weighted by Crippen LogP contribution is 2.15. The fourth-order valence-electron chi connectivity index (χ4n) is 3.01. The van der Waals surface area contributed by atoms with Crippen LogP contribution >= 0.6 is 12.4 Å². The summed E-state index contributed by atoms with van der Waals surface area (Å²) in [5.41, 5.74) is 7.91. The first kappa shape index (κ1) is 21.4. The van der Waals surface area contributed by atoms with E-state index >= 15 is 0 Å². The van der Waals surface area contributed by atoms with Crippen LogP contribution in [0, 0.1) is 0 Å². The van der Waals surface area contributed by atoms with Gasteiger partial charge in [-0.25, -0.2) is 8.42 Å². The summed E-state index contributed by atoms with van der Waals surface area (Å²) in [5.74, 6) is -0.0869. The Labute approximate surface area is 166 Å². The van der Waals surface area contributed by atoms with E-state index in [1.165, 1.54) is 4.31 Å². The molecule has 1 aliphatic heterocycles. The lowest BCUT2D eigenvalue weighted by Gasteiger charge is -2.34. The standard InChI is InChI=1S/C19H23N3O3S.ClH/c20-14-16-6-8-18(9-7-16)19(23)21-10-12-22(13-11-21)26(24,25)15-17-4-2-1-3-5-17;/h1-9H,10-15,20H2;1H. The molecule has 146 valence electrons. The molecule has 0 bridgehead atoms. The van der Waals surface area contributed by atoms with Crippen molar-refractivity contribution in [3.8, 4) is 0 Å². The normalized spacial score (nSPS) is 15.2. The second kappa shape index (κ2) is 9.32. The zero-order valence-electron chi connectivity index (χ0n) is 15.0. The summed E-state index contributed by atoms with van der Waals surface area (Å²) in [6, 6.07) is 16.4. The maximum absolute atomic E-state index is 12.6. The van der Waals surface area contributed by atoms with Crippen LogP contribution in [0.5, 0.6) is 0 Å². The summed E-state index contributed by atoms with van der Waals surface area (Å²) in [5, 5.41) is 0. The van der Waals surface area contributed by atoms with Crippen LogP contribution in [-0.4, -0.2) is 49.7 Å². The van der Waals surface area contributed by atoms with Gasteiger partial charge in [0.05, 0.1) is 5.75 Å². The first-order chi connectivity index (χ1) is 12.5. The zero-order valence-corrected chi connectivity index (χ0v) is 16.6. The smallest absolute Gasteiger partial charge is 0.253 e. The van der Waals surface area contributed by atoms with E-state index in [1.54, 1.807) is 17.0 Å². The third-order valence-electron chi connectivity index (χ3n) is 4.55. The van der Waals surface area contributed by atoms with Crippen LogP contribution in [0.4, 0.5) is 0 Å². The van der Waals surface area contributed by atoms with E-state index < -0.39 is 10.0 Å². The van der Waals surface area contributed by atoms with E-state index in [4.69, 9.17) is 5.73 Å². The van der Waals surface area contributed by atoms with Gasteiger partial charge in [0.2, 0.25) is 10.0 Å². The van der Waals surface area contributed by atoms with Gasteiger partial charge in [-0.05, 0) is 23.3 Å². The highest BCUT2D eigenvalue weighted by Gasteiger charge is 2.29. The van der Waals surface area contributed by atoms with Crippen LogP contribution in [0.2, 0.25) is 0 Å². The Hall–Kier alpha value is -1.93. The minimum absolute atomic E-state index is 0. The van der Waals surface area contributed by atoms with Gasteiger partial charge < -0.3 is 10.6 Å². The van der Waals surface area contributed by atoms with Crippen LogP contribution in [0.1, 0.15) is 21.5 Å². The fraction of sp³-hybridized carbons (Fsp3) is 0.316. The molecule has 0 atom stereocenters. The molecule has 1 amide bonds. The molecule has 27 heavy (non-hydrogen) atoms. The predicted molar refractivity (Wildman–Crippen MR) is 108 cm³/mol. The summed E-state index contributed by atoms with van der Waals surface area (Å²) < 4.78 is 26.6. The maximum Gasteiger partial charge on any atom is 0.253 e. The lowest BCUT2D eigenvalue weighted by Crippen LogP contribution is -2.50. The highest BCUT2D eigenvalue weighted by atomic mass is 35.5. The quantitative estimate of drug-likeness (QED) is 0.816. The summed E-state index contributed by atoms with van der Waals surface area (Å²) in [6.45, 7) is 1.87. The minimum Gasteiger partial charge on any atom is -0.336 e. The molecule has 0 spiro atoms. The van der Waals surface area contributed by atoms with Crippen LogP contribution in [-0.2, 0) is 22.3 Å². The molecule has 2 aromatic carbocycles. The topological polar surface area (TPSA) is 83.7 Å². The number of amides is 1. The Morgan fingerprint density at radius 3 is 2.04 bits per heavy atom. The number of hydrogen-bond donors (Lipinski definition) is 1. The van der Waals surface area contributed by atoms with Crippen molar-refractivity contribution in [3.63, 3.8) is 0 Å². The Balaban J connectivity index is 0.00000261. The molecule has 2 aromatic rings. The number of rotatable bonds is 5. The lowest BCUT2D eigenvalue weighted by atomic mass is 10.1. The second-order valence-electron chi connectivity index (χ2n) is 6.33. The molecule has 0 aliphatic carbocycles. The summed E-state index contributed by atoms with van der Waals surface area (Å²) in [7, 11) is -3.38. The van der Waals surface area contributed by atoms with Crippen LogP contribution in [0.25, 0.3) is 0 Å². The molecule has 1 heterocycles. The van der Waals surface area contributed by atoms with Gasteiger partial charge in [-0.3, -0.25) is 4.79 Å². The van der Waals surface area contributed by atoms with Gasteiger partial charge in [0.25, 0.3) is 5.91 Å². The SMILES string of the molecule is Cl.NCc1ccc(C(=O)N2CCN(S(=O)(=O)Cc3ccccc3)CC2)cc1. The molecular formula is C19H24ClN3O3S. The second-order valence-corrected chi connectivity index (χ2v) is 8.30. The average molecular weight is 410 g/mol. The van der Waals surface area contributed by atoms with Crippen LogP contribution < -0.4 is 5.73 Å². The number of carbonyl (C=O) groups is 1. The number of sulfonamides is 1. The van der Waals surface area contributed by atoms with Gasteiger partial charge in [0.1, 0.15) is 0 Å². The first-order valence-corrected chi connectivity index (χ1v) is 10.2. The van der Waals surface area contributed by atoms with Crippen molar-refractivity contribution >= 4 is 28.3 Å². The van der Waals surface area contributed by atoms with Crippen molar-refractivity contribution in [2.45, 2.75) is 12.3 Å². The number of hydrogen-bond acceptors (Lipinski definition) is 4. The first-order valence-electron chi connectivity index (χ1n) is 8.59. The molecule has 0 aromatic heterocycles. The predicted octanol–water partition coefficient (Wildman–Crippen LogP) is 1.85. The molecule has 1 fully saturated rings. The lowest BCUT2D eigenvalue weighted by molar-refractivity contribution is 0.0698. The van der Waals surface area contributed by atoms with E-state index in [-0.39, 0.29) is 24.1 Å². The van der Waals surface area contributed by atoms with Crippen molar-refractivity contribution in [1.29, 1.82) is 0 Å². The number of nitrogens with zero attached hydrogens (tertiary/aromatic N) is 2. The molecule has 1 aliphatic rings. The molecule has 3 rings (SSSR count). The fourth-order valence-corrected chi connectivity index (χ4v) is 4.53. The van der Waals surface area contributed by atoms with Gasteiger partial charge in [0.15, 0.2) is 0 Å². The largest absolute Gasteiger partial charge is 0.336 e. The van der Waals surface area contributed by atoms with Crippen LogP contribution in [0.15, 0.2) is 54.6 Å². The summed E-state index contributed by atoms with van der Waals surface area (Å²) in [4.78, 5) is 14.3. The molecule has 2 N–H and O–H groups in total. The number of piperazine rings is 1. The number of carbonyl (C=O) groups excluding carboxylic acids is 1. The van der Waals surface area contributed by atoms with E-state index in [1.807, 2.05) is 42.5 Å². The maximum atomic E-state index is 12.6. The molecular weight excluding hydrogens is 386 g/mol. The molecule has 1 saturated heterocycles. The third-order valence-corrected chi connectivity index (χ3v) is 6.40. The van der Waals surface area contributed by atoms with Gasteiger partial charge in [-0.1, -0.05) is 42.5 Å². The van der Waals surface area contributed by atoms with E-state index in [0.29, 0.717) is 38.3 Å². The van der Waals surface area contributed by atoms with Gasteiger partial charge in [0, 0.05) is 38.3 Å². The summed E-state index contributed by atoms with van der Waals surface area (Å²) >= 11 is 0. The van der Waals surface area contributed by atoms with Crippen molar-refractivity contribution in [2.75, 3.05) is 26.2 Å². The average Bonchev–Trinajstić information content (AvgIpc) is 2.68. The number of benzene rings is 2. The Kier molecular flexibility index (Phi) is 7.38. The Morgan fingerprint density at radius 1 is 0.889 bits per heavy atom. The molecule has 8 heteroatoms. The van der Waals surface area contributed by atoms with E-state index in [9.17, 15) is 13.2 Å². The van der Waals surface area contributed by atoms with Crippen molar-refractivity contribution in [1.82, 2.24) is 9.21 Å². The highest BCUT2D eigenvalue weighted by molar-refractivity contribution is 7.88. The number of halogens is 1. The van der Waals surface area contributed by atoms with E-state index in [2.05, 4.69) is 0 Å². The van der Waals surface area contributed by atoms with Crippen molar-refractivity contribution in [2.24, 2.45) is 5.73 Å². The Bertz CT molecular complexity index is 850. The third kappa shape index (κ3) is 5.29. The van der Waals surface area contributed by atoms with Gasteiger partial charge in [-0.15, -0.1) is 12.4 Å². The minimum atomic E-state index is -3.38. The van der Waals surface area contributed by atoms with Gasteiger partial charge in [-0.2, -0.15) is 4.31 Å². The summed E-state index contributed by atoms with van der Waals surface area (Å²) in [6.07, 6.45) is 0. The molecule has 0 radical (unpaired) electrons. The molecule has 6 nitrogen and oxygen atoms in total. The van der Waals surface area contributed by atoms with Crippen molar-refractivity contribution < 1.29 is 13.2 Å².